The van der Waals surface area contributed by atoms with Gasteiger partial charge in [-0.1, -0.05) is 0 Å². The van der Waals surface area contributed by atoms with Gasteiger partial charge in [0.25, 0.3) is 0 Å². The molecule has 1 saturated heterocycles. The molecule has 0 unspecified atom stereocenters. The Morgan fingerprint density at radius 1 is 1.30 bits per heavy atom. The van der Waals surface area contributed by atoms with Crippen LogP contribution in [0.5, 0.6) is 0 Å². The number of nitrogens with one attached hydrogen (secondary N) is 1. The summed E-state index contributed by atoms with van der Waals surface area (Å²) in [5.74, 6) is 0.254. The fourth-order valence-corrected chi connectivity index (χ4v) is 4.28. The number of halogens is 1. The fourth-order valence-electron chi connectivity index (χ4n) is 3.48. The van der Waals surface area contributed by atoms with Crippen molar-refractivity contribution in [1.29, 1.82) is 0 Å². The van der Waals surface area contributed by atoms with Gasteiger partial charge in [0.2, 0.25) is 0 Å². The monoisotopic (exact) mass is 389 g/mol. The van der Waals surface area contributed by atoms with E-state index in [1.165, 1.54) is 18.5 Å². The molecule has 142 valence electrons. The number of nitrogens with zero attached hydrogens (tertiary/aromatic N) is 4. The van der Waals surface area contributed by atoms with Gasteiger partial charge >= 0.3 is 0 Å². The van der Waals surface area contributed by atoms with Gasteiger partial charge in [-0.05, 0) is 50.4 Å². The predicted molar refractivity (Wildman–Crippen MR) is 98.6 cm³/mol. The SMILES string of the molecule is CS(=O)(=O)c1cnc(-c2cnc3ccc(F)cn23)nc1C[C@@H]1CCCNC1. The Hall–Kier alpha value is -2.39. The number of aromatic nitrogens is 4. The average Bonchev–Trinajstić information content (AvgIpc) is 3.04. The summed E-state index contributed by atoms with van der Waals surface area (Å²) in [4.78, 5) is 13.2. The molecule has 1 aliphatic rings. The van der Waals surface area contributed by atoms with Gasteiger partial charge in [0.1, 0.15) is 22.1 Å². The standard InChI is InChI=1S/C18H20FN5O2S/c1-27(25,26)16-10-22-18(23-14(16)7-12-3-2-6-20-8-12)15-9-21-17-5-4-13(19)11-24(15)17/h4-5,9-12,20H,2-3,6-8H2,1H3/t12-/m0/s1. The van der Waals surface area contributed by atoms with E-state index in [-0.39, 0.29) is 4.90 Å². The Bertz CT molecular complexity index is 1090. The van der Waals surface area contributed by atoms with Gasteiger partial charge in [0.05, 0.1) is 11.9 Å². The molecule has 4 heterocycles. The van der Waals surface area contributed by atoms with Crippen LogP contribution >= 0.6 is 0 Å². The summed E-state index contributed by atoms with van der Waals surface area (Å²) >= 11 is 0. The molecule has 27 heavy (non-hydrogen) atoms. The Morgan fingerprint density at radius 3 is 2.89 bits per heavy atom. The average molecular weight is 389 g/mol. The lowest BCUT2D eigenvalue weighted by Gasteiger charge is -2.23. The van der Waals surface area contributed by atoms with Crippen LogP contribution in [-0.4, -0.2) is 47.1 Å². The Balaban J connectivity index is 1.79. The molecule has 0 aromatic carbocycles. The Labute approximate surface area is 156 Å². The van der Waals surface area contributed by atoms with Crippen molar-refractivity contribution in [3.05, 3.63) is 42.2 Å². The van der Waals surface area contributed by atoms with Crippen molar-refractivity contribution in [2.75, 3.05) is 19.3 Å². The highest BCUT2D eigenvalue weighted by molar-refractivity contribution is 7.90. The third kappa shape index (κ3) is 3.70. The highest BCUT2D eigenvalue weighted by Gasteiger charge is 2.22. The van der Waals surface area contributed by atoms with Crippen molar-refractivity contribution in [1.82, 2.24) is 24.7 Å². The molecule has 3 aromatic rings. The van der Waals surface area contributed by atoms with Crippen LogP contribution in [0.25, 0.3) is 17.2 Å². The second-order valence-corrected chi connectivity index (χ2v) is 8.90. The first-order valence-electron chi connectivity index (χ1n) is 8.81. The van der Waals surface area contributed by atoms with E-state index in [2.05, 4.69) is 20.3 Å². The van der Waals surface area contributed by atoms with E-state index < -0.39 is 15.7 Å². The van der Waals surface area contributed by atoms with Gasteiger partial charge in [0.15, 0.2) is 15.7 Å². The molecule has 1 atom stereocenters. The third-order valence-corrected chi connectivity index (χ3v) is 5.95. The minimum absolute atomic E-state index is 0.150. The van der Waals surface area contributed by atoms with Crippen molar-refractivity contribution >= 4 is 15.5 Å². The molecular weight excluding hydrogens is 369 g/mol. The topological polar surface area (TPSA) is 89.2 Å². The lowest BCUT2D eigenvalue weighted by molar-refractivity contribution is 0.371. The van der Waals surface area contributed by atoms with Crippen LogP contribution in [0.2, 0.25) is 0 Å². The lowest BCUT2D eigenvalue weighted by atomic mass is 9.94. The van der Waals surface area contributed by atoms with Crippen LogP contribution in [0.15, 0.2) is 35.6 Å². The van der Waals surface area contributed by atoms with Crippen molar-refractivity contribution in [2.45, 2.75) is 24.2 Å². The molecule has 4 rings (SSSR count). The van der Waals surface area contributed by atoms with Crippen molar-refractivity contribution in [3.8, 4) is 11.5 Å². The van der Waals surface area contributed by atoms with Crippen molar-refractivity contribution in [2.24, 2.45) is 5.92 Å². The number of pyridine rings is 1. The molecule has 1 aliphatic heterocycles. The van der Waals surface area contributed by atoms with Crippen LogP contribution in [0, 0.1) is 11.7 Å². The zero-order valence-corrected chi connectivity index (χ0v) is 15.7. The van der Waals surface area contributed by atoms with Crippen molar-refractivity contribution in [3.63, 3.8) is 0 Å². The molecule has 0 amide bonds. The highest BCUT2D eigenvalue weighted by Crippen LogP contribution is 2.24. The summed E-state index contributed by atoms with van der Waals surface area (Å²) in [5.41, 5.74) is 1.59. The zero-order valence-electron chi connectivity index (χ0n) is 14.9. The fraction of sp³-hybridized carbons (Fsp3) is 0.389. The molecule has 3 aromatic heterocycles. The number of imidazole rings is 1. The largest absolute Gasteiger partial charge is 0.316 e. The van der Waals surface area contributed by atoms with E-state index in [0.717, 1.165) is 32.2 Å². The van der Waals surface area contributed by atoms with E-state index >= 15 is 0 Å². The summed E-state index contributed by atoms with van der Waals surface area (Å²) in [6, 6.07) is 2.90. The van der Waals surface area contributed by atoms with Crippen LogP contribution in [-0.2, 0) is 16.3 Å². The van der Waals surface area contributed by atoms with E-state index in [4.69, 9.17) is 0 Å². The summed E-state index contributed by atoms with van der Waals surface area (Å²) < 4.78 is 39.6. The molecule has 7 nitrogen and oxygen atoms in total. The number of piperidine rings is 1. The first-order chi connectivity index (χ1) is 12.9. The van der Waals surface area contributed by atoms with Gasteiger partial charge < -0.3 is 5.32 Å². The van der Waals surface area contributed by atoms with Gasteiger partial charge in [-0.25, -0.2) is 27.8 Å². The second kappa shape index (κ2) is 6.97. The van der Waals surface area contributed by atoms with Crippen LogP contribution in [0.3, 0.4) is 0 Å². The number of fused-ring (bicyclic) bond motifs is 1. The van der Waals surface area contributed by atoms with Crippen molar-refractivity contribution < 1.29 is 12.8 Å². The van der Waals surface area contributed by atoms with E-state index in [1.807, 2.05) is 0 Å². The Morgan fingerprint density at radius 2 is 2.15 bits per heavy atom. The zero-order chi connectivity index (χ0) is 19.0. The summed E-state index contributed by atoms with van der Waals surface area (Å²) in [5, 5.41) is 3.34. The third-order valence-electron chi connectivity index (χ3n) is 4.81. The molecule has 0 bridgehead atoms. The molecule has 0 radical (unpaired) electrons. The maximum Gasteiger partial charge on any atom is 0.178 e. The van der Waals surface area contributed by atoms with Gasteiger partial charge in [-0.2, -0.15) is 0 Å². The Kier molecular flexibility index (Phi) is 4.65. The maximum absolute atomic E-state index is 13.6. The first-order valence-corrected chi connectivity index (χ1v) is 10.7. The molecule has 9 heteroatoms. The summed E-state index contributed by atoms with van der Waals surface area (Å²) in [7, 11) is -3.45. The number of sulfone groups is 1. The number of hydrogen-bond acceptors (Lipinski definition) is 6. The minimum atomic E-state index is -3.45. The second-order valence-electron chi connectivity index (χ2n) is 6.91. The number of rotatable bonds is 4. The van der Waals surface area contributed by atoms with E-state index in [1.54, 1.807) is 16.7 Å². The molecule has 0 spiro atoms. The molecule has 0 saturated carbocycles. The molecule has 1 fully saturated rings. The van der Waals surface area contributed by atoms with E-state index in [9.17, 15) is 12.8 Å². The van der Waals surface area contributed by atoms with E-state index in [0.29, 0.717) is 35.2 Å². The maximum atomic E-state index is 13.6. The summed E-state index contributed by atoms with van der Waals surface area (Å²) in [6.07, 6.45) is 8.03. The quantitative estimate of drug-likeness (QED) is 0.733. The predicted octanol–water partition coefficient (Wildman–Crippen LogP) is 1.88. The molecule has 0 aliphatic carbocycles. The minimum Gasteiger partial charge on any atom is -0.316 e. The highest BCUT2D eigenvalue weighted by atomic mass is 32.2. The molecule has 1 N–H and O–H groups in total. The summed E-state index contributed by atoms with van der Waals surface area (Å²) in [6.45, 7) is 1.82. The normalized spacial score (nSPS) is 18.1. The number of hydrogen-bond donors (Lipinski definition) is 1. The van der Waals surface area contributed by atoms with Gasteiger partial charge in [-0.3, -0.25) is 4.40 Å². The van der Waals surface area contributed by atoms with Crippen LogP contribution in [0.4, 0.5) is 4.39 Å². The van der Waals surface area contributed by atoms with Crippen LogP contribution < -0.4 is 5.32 Å². The smallest absolute Gasteiger partial charge is 0.178 e. The van der Waals surface area contributed by atoms with Gasteiger partial charge in [-0.15, -0.1) is 0 Å². The van der Waals surface area contributed by atoms with Crippen LogP contribution in [0.1, 0.15) is 18.5 Å². The lowest BCUT2D eigenvalue weighted by Crippen LogP contribution is -2.31. The molecular formula is C18H20FN5O2S. The first kappa shape index (κ1) is 18.0. The van der Waals surface area contributed by atoms with Gasteiger partial charge in [0, 0.05) is 18.6 Å².